The molecule has 6 aliphatic rings. The van der Waals surface area contributed by atoms with Crippen LogP contribution in [0.15, 0.2) is 48.6 Å². The summed E-state index contributed by atoms with van der Waals surface area (Å²) in [4.78, 5) is 0. The average Bonchev–Trinajstić information content (AvgIpc) is 2.76. The largest absolute Gasteiger partial charge is 0.376 e. The number of nitrogens with one attached hydrogen (secondary N) is 2. The van der Waals surface area contributed by atoms with E-state index in [1.807, 2.05) is 0 Å². The Kier molecular flexibility index (Phi) is 4.60. The highest BCUT2D eigenvalue weighted by atomic mass is 15.0. The predicted molar refractivity (Wildman–Crippen MR) is 153 cm³/mol. The molecule has 4 fully saturated rings. The third-order valence-electron chi connectivity index (χ3n) is 10.3. The Hall–Kier alpha value is -2.48. The third kappa shape index (κ3) is 3.22. The Balaban J connectivity index is 1.43. The lowest BCUT2D eigenvalue weighted by Crippen LogP contribution is -2.56. The van der Waals surface area contributed by atoms with E-state index in [1.54, 1.807) is 11.1 Å². The summed E-state index contributed by atoms with van der Waals surface area (Å²) in [5.74, 6) is 3.37. The van der Waals surface area contributed by atoms with Crippen LogP contribution in [0.3, 0.4) is 0 Å². The fourth-order valence-electron chi connectivity index (χ4n) is 9.54. The van der Waals surface area contributed by atoms with Gasteiger partial charge in [0.2, 0.25) is 0 Å². The first-order valence-electron chi connectivity index (χ1n) is 14.3. The second kappa shape index (κ2) is 7.30. The van der Waals surface area contributed by atoms with Crippen LogP contribution < -0.4 is 10.6 Å². The fraction of sp³-hybridized carbons (Fsp3) is 0.529. The van der Waals surface area contributed by atoms with Crippen molar-refractivity contribution in [3.63, 3.8) is 0 Å². The van der Waals surface area contributed by atoms with Crippen LogP contribution in [-0.2, 0) is 5.41 Å². The van der Waals surface area contributed by atoms with E-state index in [9.17, 15) is 0 Å². The summed E-state index contributed by atoms with van der Waals surface area (Å²) in [7, 11) is 0. The Morgan fingerprint density at radius 2 is 1.03 bits per heavy atom. The first kappa shape index (κ1) is 22.7. The van der Waals surface area contributed by atoms with E-state index in [-0.39, 0.29) is 16.5 Å². The van der Waals surface area contributed by atoms with Gasteiger partial charge >= 0.3 is 0 Å². The van der Waals surface area contributed by atoms with Crippen molar-refractivity contribution in [2.45, 2.75) is 90.1 Å². The van der Waals surface area contributed by atoms with E-state index < -0.39 is 0 Å². The Bertz CT molecular complexity index is 1210. The van der Waals surface area contributed by atoms with E-state index in [4.69, 9.17) is 0 Å². The number of anilines is 2. The molecular weight excluding hydrogens is 436 g/mol. The van der Waals surface area contributed by atoms with Crippen LogP contribution in [0.25, 0.3) is 11.1 Å². The van der Waals surface area contributed by atoms with E-state index in [0.29, 0.717) is 0 Å². The number of allylic oxidation sites excluding steroid dienone is 2. The highest BCUT2D eigenvalue weighted by Gasteiger charge is 2.58. The number of hydrogen-bond acceptors (Lipinski definition) is 2. The first-order chi connectivity index (χ1) is 17.0. The van der Waals surface area contributed by atoms with Gasteiger partial charge in [-0.15, -0.1) is 0 Å². The number of rotatable bonds is 2. The zero-order chi connectivity index (χ0) is 25.0. The molecule has 36 heavy (non-hydrogen) atoms. The molecule has 2 aliphatic heterocycles. The van der Waals surface area contributed by atoms with Crippen LogP contribution in [0.2, 0.25) is 0 Å². The van der Waals surface area contributed by atoms with Crippen LogP contribution >= 0.6 is 0 Å². The SMILES string of the molecule is CC1=CC(C)(C)Nc2cc(C3(c4ccc5c(c4)NC(C)(C)C=C5C)C4CC5CC(C4)CC3C5)ccc21. The fourth-order valence-corrected chi connectivity index (χ4v) is 9.54. The summed E-state index contributed by atoms with van der Waals surface area (Å²) in [6.07, 6.45) is 11.8. The lowest BCUT2D eigenvalue weighted by molar-refractivity contribution is -0.0417. The molecule has 0 atom stereocenters. The van der Waals surface area contributed by atoms with Gasteiger partial charge in [0.15, 0.2) is 0 Å². The van der Waals surface area contributed by atoms with Gasteiger partial charge in [-0.2, -0.15) is 0 Å². The van der Waals surface area contributed by atoms with Gasteiger partial charge in [-0.3, -0.25) is 0 Å². The zero-order valence-corrected chi connectivity index (χ0v) is 23.0. The van der Waals surface area contributed by atoms with Crippen molar-refractivity contribution < 1.29 is 0 Å². The Morgan fingerprint density at radius 3 is 1.44 bits per heavy atom. The van der Waals surface area contributed by atoms with Crippen LogP contribution in [0.1, 0.15) is 95.9 Å². The molecule has 8 rings (SSSR count). The summed E-state index contributed by atoms with van der Waals surface area (Å²) < 4.78 is 0. The van der Waals surface area contributed by atoms with Gasteiger partial charge in [0.25, 0.3) is 0 Å². The maximum atomic E-state index is 3.87. The smallest absolute Gasteiger partial charge is 0.0505 e. The summed E-state index contributed by atoms with van der Waals surface area (Å²) >= 11 is 0. The number of hydrogen-bond donors (Lipinski definition) is 2. The maximum absolute atomic E-state index is 3.87. The second-order valence-electron chi connectivity index (χ2n) is 14.0. The van der Waals surface area contributed by atoms with Gasteiger partial charge in [-0.05, 0) is 132 Å². The monoisotopic (exact) mass is 478 g/mol. The molecule has 0 saturated heterocycles. The van der Waals surface area contributed by atoms with E-state index in [1.165, 1.54) is 65.8 Å². The molecule has 0 unspecified atom stereocenters. The van der Waals surface area contributed by atoms with Crippen molar-refractivity contribution in [1.82, 2.24) is 0 Å². The van der Waals surface area contributed by atoms with Crippen molar-refractivity contribution in [3.05, 3.63) is 70.8 Å². The molecule has 2 heteroatoms. The highest BCUT2D eigenvalue weighted by molar-refractivity contribution is 5.82. The van der Waals surface area contributed by atoms with Crippen LogP contribution in [0.5, 0.6) is 0 Å². The Morgan fingerprint density at radius 1 is 0.611 bits per heavy atom. The molecule has 4 aliphatic carbocycles. The van der Waals surface area contributed by atoms with Crippen molar-refractivity contribution in [2.24, 2.45) is 23.7 Å². The molecule has 188 valence electrons. The predicted octanol–water partition coefficient (Wildman–Crippen LogP) is 8.64. The molecule has 0 spiro atoms. The van der Waals surface area contributed by atoms with Gasteiger partial charge < -0.3 is 10.6 Å². The number of benzene rings is 2. The zero-order valence-electron chi connectivity index (χ0n) is 23.0. The minimum absolute atomic E-state index is 0.0158. The molecule has 2 nitrogen and oxygen atoms in total. The molecule has 0 amide bonds. The van der Waals surface area contributed by atoms with Gasteiger partial charge in [0, 0.05) is 27.9 Å². The highest BCUT2D eigenvalue weighted by Crippen LogP contribution is 2.65. The van der Waals surface area contributed by atoms with E-state index >= 15 is 0 Å². The molecule has 2 heterocycles. The quantitative estimate of drug-likeness (QED) is 0.451. The van der Waals surface area contributed by atoms with Crippen molar-refractivity contribution >= 4 is 22.5 Å². The first-order valence-corrected chi connectivity index (χ1v) is 14.3. The normalized spacial score (nSPS) is 31.9. The van der Waals surface area contributed by atoms with Gasteiger partial charge in [0.1, 0.15) is 0 Å². The maximum Gasteiger partial charge on any atom is 0.0505 e. The van der Waals surface area contributed by atoms with Crippen molar-refractivity contribution in [3.8, 4) is 0 Å². The molecule has 4 saturated carbocycles. The molecule has 2 aromatic rings. The summed E-state index contributed by atoms with van der Waals surface area (Å²) in [5, 5.41) is 7.74. The average molecular weight is 479 g/mol. The molecule has 0 aromatic heterocycles. The number of fused-ring (bicyclic) bond motifs is 2. The third-order valence-corrected chi connectivity index (χ3v) is 10.3. The summed E-state index contributed by atoms with van der Waals surface area (Å²) in [6.45, 7) is 13.7. The van der Waals surface area contributed by atoms with E-state index in [2.05, 4.69) is 101 Å². The Labute approximate surface area is 217 Å². The minimum atomic E-state index is -0.0158. The summed E-state index contributed by atoms with van der Waals surface area (Å²) in [6, 6.07) is 14.9. The molecule has 0 radical (unpaired) electrons. The van der Waals surface area contributed by atoms with E-state index in [0.717, 1.165) is 23.7 Å². The lowest BCUT2D eigenvalue weighted by Gasteiger charge is -2.62. The molecule has 2 aromatic carbocycles. The van der Waals surface area contributed by atoms with Crippen LogP contribution in [0, 0.1) is 23.7 Å². The van der Waals surface area contributed by atoms with Crippen LogP contribution in [-0.4, -0.2) is 11.1 Å². The lowest BCUT2D eigenvalue weighted by atomic mass is 9.42. The second-order valence-corrected chi connectivity index (χ2v) is 14.0. The standard InChI is InChI=1S/C34H42N2/c1-20-18-32(3,4)35-30-16-24(7-9-28(20)30)34(26-12-22-11-23(14-26)15-27(34)13-22)25-8-10-29-21(2)19-33(5,6)36-31(29)17-25/h7-10,16-19,22-23,26-27,35-36H,11-15H2,1-6H3. The summed E-state index contributed by atoms with van der Waals surface area (Å²) in [5.41, 5.74) is 11.3. The molecular formula is C34H42N2. The van der Waals surface area contributed by atoms with Gasteiger partial charge in [-0.1, -0.05) is 36.4 Å². The molecule has 2 N–H and O–H groups in total. The topological polar surface area (TPSA) is 24.1 Å². The van der Waals surface area contributed by atoms with Crippen molar-refractivity contribution in [1.29, 1.82) is 0 Å². The van der Waals surface area contributed by atoms with Gasteiger partial charge in [0.05, 0.1) is 11.1 Å². The van der Waals surface area contributed by atoms with Crippen molar-refractivity contribution in [2.75, 3.05) is 10.6 Å². The van der Waals surface area contributed by atoms with Gasteiger partial charge in [-0.25, -0.2) is 0 Å². The minimum Gasteiger partial charge on any atom is -0.376 e. The molecule has 4 bridgehead atoms. The van der Waals surface area contributed by atoms with Crippen LogP contribution in [0.4, 0.5) is 11.4 Å².